The van der Waals surface area contributed by atoms with E-state index >= 15 is 0 Å². The number of methoxy groups -OCH3 is 2. The molecule has 0 aromatic heterocycles. The summed E-state index contributed by atoms with van der Waals surface area (Å²) in [6.45, 7) is 0.827. The molecule has 1 heterocycles. The molecule has 1 aliphatic heterocycles. The van der Waals surface area contributed by atoms with Gasteiger partial charge in [0.05, 0.1) is 24.4 Å². The average Bonchev–Trinajstić information content (AvgIpc) is 2.49. The van der Waals surface area contributed by atoms with Gasteiger partial charge in [0, 0.05) is 19.2 Å². The Morgan fingerprint density at radius 2 is 2.05 bits per heavy atom. The van der Waals surface area contributed by atoms with E-state index in [0.717, 1.165) is 0 Å². The molecule has 1 aromatic carbocycles. The van der Waals surface area contributed by atoms with Crippen molar-refractivity contribution >= 4 is 15.8 Å². The summed E-state index contributed by atoms with van der Waals surface area (Å²) in [5.41, 5.74) is -0.700. The Balaban J connectivity index is 2.53. The third-order valence-corrected chi connectivity index (χ3v) is 5.46. The summed E-state index contributed by atoms with van der Waals surface area (Å²) in [5.74, 6) is -0.583. The van der Waals surface area contributed by atoms with Crippen LogP contribution in [0, 0.1) is 0 Å². The van der Waals surface area contributed by atoms with Crippen LogP contribution >= 0.6 is 0 Å². The predicted octanol–water partition coefficient (Wildman–Crippen LogP) is 0.468. The lowest BCUT2D eigenvalue weighted by atomic mass is 9.86. The standard InChI is InChI=1S/C14H19NO5S/c1-19-9-8-15-14(13(16)20-2)7-10-21(17,18)12-6-4-3-5-11(12)14/h3-6,15H,7-10H2,1-2H3. The minimum atomic E-state index is -3.36. The van der Waals surface area contributed by atoms with Crippen molar-refractivity contribution in [3.05, 3.63) is 29.8 Å². The van der Waals surface area contributed by atoms with Gasteiger partial charge >= 0.3 is 5.97 Å². The second-order valence-electron chi connectivity index (χ2n) is 4.88. The number of hydrogen-bond acceptors (Lipinski definition) is 6. The Morgan fingerprint density at radius 3 is 2.71 bits per heavy atom. The van der Waals surface area contributed by atoms with Crippen molar-refractivity contribution in [1.82, 2.24) is 5.32 Å². The molecule has 1 N–H and O–H groups in total. The lowest BCUT2D eigenvalue weighted by Gasteiger charge is -2.37. The van der Waals surface area contributed by atoms with Gasteiger partial charge in [0.2, 0.25) is 0 Å². The number of hydrogen-bond donors (Lipinski definition) is 1. The zero-order valence-electron chi connectivity index (χ0n) is 12.1. The third-order valence-electron chi connectivity index (χ3n) is 3.69. The Bertz CT molecular complexity index is 628. The van der Waals surface area contributed by atoms with E-state index in [1.165, 1.54) is 13.2 Å². The molecule has 116 valence electrons. The summed E-state index contributed by atoms with van der Waals surface area (Å²) < 4.78 is 34.3. The van der Waals surface area contributed by atoms with Crippen LogP contribution in [0.3, 0.4) is 0 Å². The van der Waals surface area contributed by atoms with E-state index < -0.39 is 21.3 Å². The Kier molecular flexibility index (Phi) is 4.65. The van der Waals surface area contributed by atoms with Crippen LogP contribution in [0.15, 0.2) is 29.2 Å². The molecule has 0 aliphatic carbocycles. The highest BCUT2D eigenvalue weighted by atomic mass is 32.2. The van der Waals surface area contributed by atoms with E-state index in [2.05, 4.69) is 5.32 Å². The minimum Gasteiger partial charge on any atom is -0.467 e. The Morgan fingerprint density at radius 1 is 1.33 bits per heavy atom. The van der Waals surface area contributed by atoms with Crippen molar-refractivity contribution in [2.45, 2.75) is 16.9 Å². The number of carbonyl (C=O) groups excluding carboxylic acids is 1. The minimum absolute atomic E-state index is 0.0981. The fourth-order valence-corrected chi connectivity index (χ4v) is 4.29. The van der Waals surface area contributed by atoms with Crippen molar-refractivity contribution in [3.63, 3.8) is 0 Å². The molecule has 1 aromatic rings. The van der Waals surface area contributed by atoms with E-state index in [1.54, 1.807) is 25.3 Å². The van der Waals surface area contributed by atoms with Gasteiger partial charge < -0.3 is 9.47 Å². The zero-order valence-corrected chi connectivity index (χ0v) is 12.9. The van der Waals surface area contributed by atoms with Gasteiger partial charge in [-0.05, 0) is 12.5 Å². The number of carbonyl (C=O) groups is 1. The molecule has 7 heteroatoms. The molecule has 6 nitrogen and oxygen atoms in total. The number of sulfone groups is 1. The zero-order chi connectivity index (χ0) is 15.5. The maximum absolute atomic E-state index is 12.3. The molecule has 1 aliphatic rings. The van der Waals surface area contributed by atoms with Crippen LogP contribution in [0.2, 0.25) is 0 Å². The van der Waals surface area contributed by atoms with Gasteiger partial charge in [-0.3, -0.25) is 5.32 Å². The monoisotopic (exact) mass is 313 g/mol. The summed E-state index contributed by atoms with van der Waals surface area (Å²) in [5, 5.41) is 3.12. The Hall–Kier alpha value is -1.44. The van der Waals surface area contributed by atoms with Crippen LogP contribution < -0.4 is 5.32 Å². The highest BCUT2D eigenvalue weighted by molar-refractivity contribution is 7.91. The van der Waals surface area contributed by atoms with Gasteiger partial charge in [0.1, 0.15) is 5.54 Å². The first-order valence-electron chi connectivity index (χ1n) is 6.62. The molecule has 21 heavy (non-hydrogen) atoms. The lowest BCUT2D eigenvalue weighted by Crippen LogP contribution is -2.54. The Labute approximate surface area is 124 Å². The van der Waals surface area contributed by atoms with Gasteiger partial charge in [-0.2, -0.15) is 0 Å². The number of ether oxygens (including phenoxy) is 2. The maximum Gasteiger partial charge on any atom is 0.330 e. The highest BCUT2D eigenvalue weighted by Gasteiger charge is 2.48. The van der Waals surface area contributed by atoms with Crippen LogP contribution in [0.4, 0.5) is 0 Å². The van der Waals surface area contributed by atoms with Gasteiger partial charge in [-0.15, -0.1) is 0 Å². The fraction of sp³-hybridized carbons (Fsp3) is 0.500. The predicted molar refractivity (Wildman–Crippen MR) is 76.7 cm³/mol. The fourth-order valence-electron chi connectivity index (χ4n) is 2.63. The van der Waals surface area contributed by atoms with Gasteiger partial charge in [0.15, 0.2) is 9.84 Å². The third kappa shape index (κ3) is 2.81. The van der Waals surface area contributed by atoms with E-state index in [1.807, 2.05) is 0 Å². The number of fused-ring (bicyclic) bond motifs is 1. The average molecular weight is 313 g/mol. The first-order valence-corrected chi connectivity index (χ1v) is 8.28. The second-order valence-corrected chi connectivity index (χ2v) is 6.96. The largest absolute Gasteiger partial charge is 0.467 e. The molecular formula is C14H19NO5S. The smallest absolute Gasteiger partial charge is 0.330 e. The first kappa shape index (κ1) is 15.9. The second kappa shape index (κ2) is 6.13. The van der Waals surface area contributed by atoms with E-state index in [4.69, 9.17) is 9.47 Å². The van der Waals surface area contributed by atoms with Gasteiger partial charge in [-0.1, -0.05) is 18.2 Å². The summed E-state index contributed by atoms with van der Waals surface area (Å²) in [6.07, 6.45) is 0.142. The molecule has 0 fully saturated rings. The SMILES string of the molecule is COCCNC1(C(=O)OC)CCS(=O)(=O)c2ccccc21. The molecule has 1 unspecified atom stereocenters. The molecule has 1 atom stereocenters. The molecule has 2 rings (SSSR count). The van der Waals surface area contributed by atoms with Crippen molar-refractivity contribution in [2.75, 3.05) is 33.1 Å². The maximum atomic E-state index is 12.3. The number of nitrogens with one attached hydrogen (secondary N) is 1. The van der Waals surface area contributed by atoms with Gasteiger partial charge in [0.25, 0.3) is 0 Å². The molecule has 0 saturated carbocycles. The lowest BCUT2D eigenvalue weighted by molar-refractivity contribution is -0.149. The van der Waals surface area contributed by atoms with Crippen LogP contribution in [-0.2, 0) is 29.6 Å². The van der Waals surface area contributed by atoms with Gasteiger partial charge in [-0.25, -0.2) is 13.2 Å². The summed E-state index contributed by atoms with van der Waals surface area (Å²) >= 11 is 0. The van der Waals surface area contributed by atoms with Crippen LogP contribution in [0.5, 0.6) is 0 Å². The number of esters is 1. The van der Waals surface area contributed by atoms with Crippen LogP contribution in [0.25, 0.3) is 0 Å². The van der Waals surface area contributed by atoms with Crippen LogP contribution in [0.1, 0.15) is 12.0 Å². The van der Waals surface area contributed by atoms with E-state index in [0.29, 0.717) is 18.7 Å². The number of benzene rings is 1. The van der Waals surface area contributed by atoms with Crippen molar-refractivity contribution in [1.29, 1.82) is 0 Å². The van der Waals surface area contributed by atoms with E-state index in [9.17, 15) is 13.2 Å². The summed E-state index contributed by atoms with van der Waals surface area (Å²) in [4.78, 5) is 12.5. The molecule has 0 amide bonds. The summed E-state index contributed by atoms with van der Waals surface area (Å²) in [7, 11) is -0.504. The molecule has 0 radical (unpaired) electrons. The van der Waals surface area contributed by atoms with E-state index in [-0.39, 0.29) is 17.1 Å². The molecule has 0 saturated heterocycles. The van der Waals surface area contributed by atoms with Crippen molar-refractivity contribution in [3.8, 4) is 0 Å². The molecule has 0 spiro atoms. The molecular weight excluding hydrogens is 294 g/mol. The van der Waals surface area contributed by atoms with Crippen molar-refractivity contribution in [2.24, 2.45) is 0 Å². The number of rotatable bonds is 5. The highest BCUT2D eigenvalue weighted by Crippen LogP contribution is 2.37. The summed E-state index contributed by atoms with van der Waals surface area (Å²) in [6, 6.07) is 6.55. The quantitative estimate of drug-likeness (QED) is 0.628. The molecule has 0 bridgehead atoms. The van der Waals surface area contributed by atoms with Crippen LogP contribution in [-0.4, -0.2) is 47.5 Å². The normalized spacial score (nSPS) is 23.3. The topological polar surface area (TPSA) is 81.7 Å². The first-order chi connectivity index (χ1) is 9.98. The van der Waals surface area contributed by atoms with Crippen molar-refractivity contribution < 1.29 is 22.7 Å².